The lowest BCUT2D eigenvalue weighted by atomic mass is 9.95. The van der Waals surface area contributed by atoms with Crippen LogP contribution in [0, 0.1) is 12.7 Å². The van der Waals surface area contributed by atoms with E-state index in [0.717, 1.165) is 16.2 Å². The number of esters is 1. The van der Waals surface area contributed by atoms with E-state index in [-0.39, 0.29) is 27.8 Å². The zero-order valence-electron chi connectivity index (χ0n) is 19.8. The van der Waals surface area contributed by atoms with E-state index in [1.54, 1.807) is 26.0 Å². The average molecular weight is 525 g/mol. The summed E-state index contributed by atoms with van der Waals surface area (Å²) in [5.74, 6) is -2.58. The smallest absolute Gasteiger partial charge is 0.350 e. The molecular formula is C26H21FN2O7S. The molecule has 5 rings (SSSR count). The number of amides is 1. The van der Waals surface area contributed by atoms with Crippen LogP contribution >= 0.6 is 11.3 Å². The van der Waals surface area contributed by atoms with Crippen molar-refractivity contribution >= 4 is 39.9 Å². The summed E-state index contributed by atoms with van der Waals surface area (Å²) in [6.45, 7) is 4.12. The van der Waals surface area contributed by atoms with Gasteiger partial charge >= 0.3 is 11.9 Å². The number of nitrogens with zero attached hydrogens (tertiary/aromatic N) is 2. The van der Waals surface area contributed by atoms with Gasteiger partial charge in [0.05, 0.1) is 23.9 Å². The maximum atomic E-state index is 13.7. The molecule has 1 saturated heterocycles. The Hall–Kier alpha value is -4.25. The highest BCUT2D eigenvalue weighted by Gasteiger charge is 2.48. The van der Waals surface area contributed by atoms with Crippen LogP contribution in [-0.4, -0.2) is 47.6 Å². The summed E-state index contributed by atoms with van der Waals surface area (Å²) in [4.78, 5) is 44.6. The Labute approximate surface area is 214 Å². The summed E-state index contributed by atoms with van der Waals surface area (Å²) in [7, 11) is 0. The topological polar surface area (TPSA) is 115 Å². The molecule has 2 aromatic carbocycles. The van der Waals surface area contributed by atoms with E-state index >= 15 is 0 Å². The number of Topliss-reactive ketones (excluding diaryl/α,β-unsaturated/α-hetero) is 1. The molecule has 1 amide bonds. The van der Waals surface area contributed by atoms with Gasteiger partial charge in [0.2, 0.25) is 0 Å². The second kappa shape index (κ2) is 9.66. The first kappa shape index (κ1) is 24.4. The number of ketones is 1. The maximum absolute atomic E-state index is 13.7. The highest BCUT2D eigenvalue weighted by atomic mass is 32.1. The number of carbonyl (C=O) groups is 3. The number of thiazole rings is 1. The van der Waals surface area contributed by atoms with Crippen molar-refractivity contribution in [2.75, 3.05) is 24.7 Å². The van der Waals surface area contributed by atoms with Crippen molar-refractivity contribution in [1.29, 1.82) is 0 Å². The Morgan fingerprint density at radius 1 is 1.16 bits per heavy atom. The Balaban J connectivity index is 1.66. The third-order valence-electron chi connectivity index (χ3n) is 5.90. The van der Waals surface area contributed by atoms with Crippen LogP contribution in [-0.2, 0) is 14.3 Å². The van der Waals surface area contributed by atoms with Crippen LogP contribution in [0.4, 0.5) is 9.52 Å². The fourth-order valence-corrected chi connectivity index (χ4v) is 5.20. The minimum Gasteiger partial charge on any atom is -0.507 e. The van der Waals surface area contributed by atoms with E-state index in [2.05, 4.69) is 4.98 Å². The fraction of sp³-hybridized carbons (Fsp3) is 0.231. The van der Waals surface area contributed by atoms with Crippen molar-refractivity contribution in [1.82, 2.24) is 4.98 Å². The number of aliphatic hydroxyl groups is 1. The molecule has 1 fully saturated rings. The van der Waals surface area contributed by atoms with Gasteiger partial charge in [-0.3, -0.25) is 14.5 Å². The van der Waals surface area contributed by atoms with E-state index in [9.17, 15) is 23.9 Å². The lowest BCUT2D eigenvalue weighted by Gasteiger charge is -2.23. The molecule has 0 spiro atoms. The molecule has 11 heteroatoms. The number of aromatic nitrogens is 1. The van der Waals surface area contributed by atoms with Gasteiger partial charge in [-0.25, -0.2) is 14.2 Å². The Morgan fingerprint density at radius 3 is 2.57 bits per heavy atom. The van der Waals surface area contributed by atoms with Crippen molar-refractivity contribution in [3.05, 3.63) is 75.6 Å². The van der Waals surface area contributed by atoms with Crippen LogP contribution in [0.3, 0.4) is 0 Å². The van der Waals surface area contributed by atoms with Crippen molar-refractivity contribution in [2.24, 2.45) is 0 Å². The van der Waals surface area contributed by atoms with Gasteiger partial charge in [0.1, 0.15) is 29.7 Å². The van der Waals surface area contributed by atoms with Crippen LogP contribution in [0.5, 0.6) is 11.5 Å². The fourth-order valence-electron chi connectivity index (χ4n) is 4.21. The van der Waals surface area contributed by atoms with Crippen LogP contribution in [0.1, 0.15) is 39.5 Å². The molecule has 1 N–H and O–H groups in total. The van der Waals surface area contributed by atoms with E-state index < -0.39 is 35.3 Å². The zero-order chi connectivity index (χ0) is 26.3. The molecule has 9 nitrogen and oxygen atoms in total. The van der Waals surface area contributed by atoms with Crippen LogP contribution < -0.4 is 14.4 Å². The predicted molar refractivity (Wildman–Crippen MR) is 131 cm³/mol. The summed E-state index contributed by atoms with van der Waals surface area (Å²) < 4.78 is 29.9. The number of hydrogen-bond acceptors (Lipinski definition) is 9. The van der Waals surface area contributed by atoms with Gasteiger partial charge in [-0.1, -0.05) is 23.5 Å². The highest BCUT2D eigenvalue weighted by Crippen LogP contribution is 2.44. The third kappa shape index (κ3) is 4.31. The number of benzene rings is 2. The summed E-state index contributed by atoms with van der Waals surface area (Å²) in [5, 5.41) is 11.4. The van der Waals surface area contributed by atoms with Crippen molar-refractivity contribution < 1.29 is 38.1 Å². The summed E-state index contributed by atoms with van der Waals surface area (Å²) in [6.07, 6.45) is 0. The highest BCUT2D eigenvalue weighted by molar-refractivity contribution is 7.17. The average Bonchev–Trinajstić information content (AvgIpc) is 3.40. The molecule has 3 aromatic rings. The SMILES string of the molecule is CCOC(=O)c1sc(N2C(=O)C(=O)C(=C(O)c3ccc4c(c3)OCCO4)C2c2ccc(F)cc2)nc1C. The first-order valence-corrected chi connectivity index (χ1v) is 12.2. The lowest BCUT2D eigenvalue weighted by Crippen LogP contribution is -2.29. The predicted octanol–water partition coefficient (Wildman–Crippen LogP) is 4.16. The summed E-state index contributed by atoms with van der Waals surface area (Å²) >= 11 is 0.893. The van der Waals surface area contributed by atoms with Gasteiger partial charge in [0.25, 0.3) is 5.78 Å². The van der Waals surface area contributed by atoms with Gasteiger partial charge in [-0.15, -0.1) is 0 Å². The Bertz CT molecular complexity index is 1450. The molecule has 0 bridgehead atoms. The summed E-state index contributed by atoms with van der Waals surface area (Å²) in [6, 6.07) is 8.76. The zero-order valence-corrected chi connectivity index (χ0v) is 20.6. The number of carbonyl (C=O) groups excluding carboxylic acids is 3. The van der Waals surface area contributed by atoms with Crippen molar-refractivity contribution in [2.45, 2.75) is 19.9 Å². The molecule has 190 valence electrons. The van der Waals surface area contributed by atoms with Crippen LogP contribution in [0.2, 0.25) is 0 Å². The van der Waals surface area contributed by atoms with Gasteiger partial charge in [0.15, 0.2) is 16.6 Å². The maximum Gasteiger partial charge on any atom is 0.350 e. The number of halogens is 1. The molecule has 0 aliphatic carbocycles. The molecule has 0 saturated carbocycles. The van der Waals surface area contributed by atoms with E-state index in [1.807, 2.05) is 0 Å². The van der Waals surface area contributed by atoms with Gasteiger partial charge in [0, 0.05) is 5.56 Å². The number of ether oxygens (including phenoxy) is 3. The molecule has 1 unspecified atom stereocenters. The Morgan fingerprint density at radius 2 is 1.86 bits per heavy atom. The molecular weight excluding hydrogens is 503 g/mol. The van der Waals surface area contributed by atoms with Crippen LogP contribution in [0.25, 0.3) is 5.76 Å². The van der Waals surface area contributed by atoms with Crippen LogP contribution in [0.15, 0.2) is 48.0 Å². The molecule has 0 radical (unpaired) electrons. The standard InChI is InChI=1S/C26H21FN2O7S/c1-3-34-25(33)23-13(2)28-26(37-23)29-20(14-4-7-16(27)8-5-14)19(22(31)24(29)32)21(30)15-6-9-17-18(12-15)36-11-10-35-17/h4-9,12,20,30H,3,10-11H2,1-2H3. The number of aryl methyl sites for hydroxylation is 1. The van der Waals surface area contributed by atoms with Gasteiger partial charge in [-0.05, 0) is 49.7 Å². The first-order chi connectivity index (χ1) is 17.8. The molecule has 37 heavy (non-hydrogen) atoms. The largest absolute Gasteiger partial charge is 0.507 e. The lowest BCUT2D eigenvalue weighted by molar-refractivity contribution is -0.132. The van der Waals surface area contributed by atoms with E-state index in [0.29, 0.717) is 36.0 Å². The van der Waals surface area contributed by atoms with E-state index in [4.69, 9.17) is 14.2 Å². The number of aliphatic hydroxyl groups excluding tert-OH is 1. The molecule has 3 heterocycles. The van der Waals surface area contributed by atoms with Gasteiger partial charge in [-0.2, -0.15) is 0 Å². The third-order valence-corrected chi connectivity index (χ3v) is 7.03. The van der Waals surface area contributed by atoms with E-state index in [1.165, 1.54) is 30.3 Å². The number of hydrogen-bond donors (Lipinski definition) is 1. The molecule has 2 aliphatic rings. The monoisotopic (exact) mass is 524 g/mol. The minimum atomic E-state index is -1.13. The van der Waals surface area contributed by atoms with Crippen molar-refractivity contribution in [3.63, 3.8) is 0 Å². The van der Waals surface area contributed by atoms with Gasteiger partial charge < -0.3 is 19.3 Å². The molecule has 2 aliphatic heterocycles. The molecule has 1 aromatic heterocycles. The number of anilines is 1. The second-order valence-electron chi connectivity index (χ2n) is 8.21. The number of rotatable bonds is 5. The normalized spacial score (nSPS) is 18.2. The molecule has 1 atom stereocenters. The first-order valence-electron chi connectivity index (χ1n) is 11.4. The quantitative estimate of drug-likeness (QED) is 0.229. The Kier molecular flexibility index (Phi) is 6.38. The minimum absolute atomic E-state index is 0.0678. The summed E-state index contributed by atoms with van der Waals surface area (Å²) in [5.41, 5.74) is 0.714. The second-order valence-corrected chi connectivity index (χ2v) is 9.19. The number of fused-ring (bicyclic) bond motifs is 1. The van der Waals surface area contributed by atoms with Crippen molar-refractivity contribution in [3.8, 4) is 11.5 Å².